The average molecular weight is 355 g/mol. The van der Waals surface area contributed by atoms with Crippen molar-refractivity contribution in [1.29, 1.82) is 0 Å². The highest BCUT2D eigenvalue weighted by molar-refractivity contribution is 5.85. The van der Waals surface area contributed by atoms with Gasteiger partial charge in [-0.1, -0.05) is 19.1 Å². The van der Waals surface area contributed by atoms with E-state index in [9.17, 15) is 4.79 Å². The number of nitrogens with two attached hydrogens (primary N) is 1. The highest BCUT2D eigenvalue weighted by Gasteiger charge is 2.34. The van der Waals surface area contributed by atoms with Gasteiger partial charge in [0.1, 0.15) is 0 Å². The first-order valence-corrected chi connectivity index (χ1v) is 7.90. The van der Waals surface area contributed by atoms with Crippen molar-refractivity contribution in [3.05, 3.63) is 36.4 Å². The third-order valence-electron chi connectivity index (χ3n) is 4.36. The summed E-state index contributed by atoms with van der Waals surface area (Å²) < 4.78 is 11.0. The fourth-order valence-electron chi connectivity index (χ4n) is 2.76. The van der Waals surface area contributed by atoms with Crippen LogP contribution in [0.3, 0.4) is 0 Å². The maximum absolute atomic E-state index is 12.3. The first-order chi connectivity index (χ1) is 11.0. The lowest BCUT2D eigenvalue weighted by molar-refractivity contribution is -0.132. The van der Waals surface area contributed by atoms with Crippen LogP contribution in [0.25, 0.3) is 0 Å². The molecule has 1 amide bonds. The van der Waals surface area contributed by atoms with Crippen molar-refractivity contribution in [2.24, 2.45) is 11.1 Å². The van der Waals surface area contributed by atoms with Gasteiger partial charge in [-0.2, -0.15) is 0 Å². The number of hydrogen-bond donors (Lipinski definition) is 1. The number of rotatable bonds is 7. The predicted molar refractivity (Wildman–Crippen MR) is 98.0 cm³/mol. The topological polar surface area (TPSA) is 64.8 Å². The number of methoxy groups -OCH3 is 1. The Labute approximate surface area is 150 Å². The molecule has 0 radical (unpaired) electrons. The van der Waals surface area contributed by atoms with Crippen LogP contribution < -0.4 is 15.2 Å². The molecule has 1 fully saturated rings. The van der Waals surface area contributed by atoms with E-state index >= 15 is 0 Å². The molecule has 5 nitrogen and oxygen atoms in total. The molecule has 24 heavy (non-hydrogen) atoms. The summed E-state index contributed by atoms with van der Waals surface area (Å²) in [4.78, 5) is 14.1. The Morgan fingerprint density at radius 3 is 2.79 bits per heavy atom. The zero-order valence-electron chi connectivity index (χ0n) is 14.4. The molecule has 1 saturated heterocycles. The van der Waals surface area contributed by atoms with E-state index in [0.717, 1.165) is 24.9 Å². The van der Waals surface area contributed by atoms with E-state index in [4.69, 9.17) is 15.2 Å². The van der Waals surface area contributed by atoms with Crippen molar-refractivity contribution in [1.82, 2.24) is 4.90 Å². The number of amides is 1. The average Bonchev–Trinajstić information content (AvgIpc) is 2.96. The third kappa shape index (κ3) is 4.89. The van der Waals surface area contributed by atoms with Gasteiger partial charge in [-0.05, 0) is 42.5 Å². The van der Waals surface area contributed by atoms with Crippen LogP contribution in [0.15, 0.2) is 30.9 Å². The number of halogens is 1. The maximum Gasteiger partial charge on any atom is 0.260 e. The monoisotopic (exact) mass is 354 g/mol. The fourth-order valence-corrected chi connectivity index (χ4v) is 2.76. The lowest BCUT2D eigenvalue weighted by atomic mass is 9.90. The molecule has 0 spiro atoms. The Balaban J connectivity index is 0.00000288. The maximum atomic E-state index is 12.3. The molecule has 1 aromatic rings. The van der Waals surface area contributed by atoms with Crippen LogP contribution in [0.5, 0.6) is 11.5 Å². The number of ether oxygens (including phenoxy) is 2. The molecule has 0 aromatic heterocycles. The van der Waals surface area contributed by atoms with Crippen molar-refractivity contribution in [2.75, 3.05) is 33.4 Å². The Hall–Kier alpha value is -1.72. The Kier molecular flexibility index (Phi) is 7.58. The number of allylic oxidation sites excluding steroid dienone is 1. The van der Waals surface area contributed by atoms with Gasteiger partial charge in [0, 0.05) is 13.1 Å². The number of hydrogen-bond acceptors (Lipinski definition) is 4. The molecule has 1 atom stereocenters. The first-order valence-electron chi connectivity index (χ1n) is 7.90. The number of carbonyl (C=O) groups excluding carboxylic acids is 1. The van der Waals surface area contributed by atoms with Gasteiger partial charge in [0.25, 0.3) is 5.91 Å². The third-order valence-corrected chi connectivity index (χ3v) is 4.36. The molecule has 0 saturated carbocycles. The van der Waals surface area contributed by atoms with Gasteiger partial charge in [-0.25, -0.2) is 0 Å². The largest absolute Gasteiger partial charge is 0.493 e. The van der Waals surface area contributed by atoms with Gasteiger partial charge < -0.3 is 20.1 Å². The number of nitrogens with zero attached hydrogens (tertiary/aromatic N) is 1. The van der Waals surface area contributed by atoms with E-state index < -0.39 is 0 Å². The molecule has 2 rings (SSSR count). The van der Waals surface area contributed by atoms with Gasteiger partial charge in [-0.3, -0.25) is 4.79 Å². The van der Waals surface area contributed by atoms with E-state index in [1.165, 1.54) is 0 Å². The Morgan fingerprint density at radius 1 is 1.46 bits per heavy atom. The van der Waals surface area contributed by atoms with Crippen LogP contribution in [-0.2, 0) is 11.2 Å². The van der Waals surface area contributed by atoms with Crippen LogP contribution in [0, 0.1) is 5.41 Å². The first kappa shape index (κ1) is 20.3. The van der Waals surface area contributed by atoms with Crippen LogP contribution in [0.2, 0.25) is 0 Å². The standard InChI is InChI=1S/C18H26N2O3.ClH/c1-4-5-14-6-7-15(16(10-14)22-3)23-11-17(21)20-9-8-18(2,12-19)13-20;/h4,6-7,10H,1,5,8-9,11-13,19H2,2-3H3;1H. The van der Waals surface area contributed by atoms with Crippen molar-refractivity contribution >= 4 is 18.3 Å². The highest BCUT2D eigenvalue weighted by atomic mass is 35.5. The summed E-state index contributed by atoms with van der Waals surface area (Å²) >= 11 is 0. The van der Waals surface area contributed by atoms with Crippen molar-refractivity contribution in [3.63, 3.8) is 0 Å². The second-order valence-corrected chi connectivity index (χ2v) is 6.35. The molecule has 1 heterocycles. The summed E-state index contributed by atoms with van der Waals surface area (Å²) in [5, 5.41) is 0. The van der Waals surface area contributed by atoms with E-state index in [1.807, 2.05) is 29.2 Å². The fraction of sp³-hybridized carbons (Fsp3) is 0.500. The van der Waals surface area contributed by atoms with E-state index in [0.29, 0.717) is 24.6 Å². The quantitative estimate of drug-likeness (QED) is 0.764. The molecular weight excluding hydrogens is 328 g/mol. The smallest absolute Gasteiger partial charge is 0.260 e. The summed E-state index contributed by atoms with van der Waals surface area (Å²) in [5.74, 6) is 1.19. The second kappa shape index (κ2) is 8.94. The summed E-state index contributed by atoms with van der Waals surface area (Å²) in [6, 6.07) is 5.69. The second-order valence-electron chi connectivity index (χ2n) is 6.35. The van der Waals surface area contributed by atoms with Gasteiger partial charge in [0.2, 0.25) is 0 Å². The molecule has 6 heteroatoms. The minimum absolute atomic E-state index is 0. The number of carbonyl (C=O) groups is 1. The predicted octanol–water partition coefficient (Wildman–Crippen LogP) is 2.42. The van der Waals surface area contributed by atoms with Crippen LogP contribution in [0.4, 0.5) is 0 Å². The normalized spacial score (nSPS) is 19.5. The minimum Gasteiger partial charge on any atom is -0.493 e. The van der Waals surface area contributed by atoms with Gasteiger partial charge >= 0.3 is 0 Å². The van der Waals surface area contributed by atoms with Crippen molar-refractivity contribution in [3.8, 4) is 11.5 Å². The summed E-state index contributed by atoms with van der Waals surface area (Å²) in [6.07, 6.45) is 3.54. The Morgan fingerprint density at radius 2 is 2.21 bits per heavy atom. The molecule has 1 aliphatic heterocycles. The number of benzene rings is 1. The van der Waals surface area contributed by atoms with Crippen molar-refractivity contribution in [2.45, 2.75) is 19.8 Å². The summed E-state index contributed by atoms with van der Waals surface area (Å²) in [5.41, 5.74) is 6.90. The molecule has 1 aliphatic rings. The van der Waals surface area contributed by atoms with Crippen molar-refractivity contribution < 1.29 is 14.3 Å². The zero-order valence-corrected chi connectivity index (χ0v) is 15.2. The minimum atomic E-state index is -0.0144. The van der Waals surface area contributed by atoms with Gasteiger partial charge in [-0.15, -0.1) is 19.0 Å². The lowest BCUT2D eigenvalue weighted by Gasteiger charge is -2.22. The van der Waals surface area contributed by atoms with Crippen LogP contribution >= 0.6 is 12.4 Å². The van der Waals surface area contributed by atoms with Crippen LogP contribution in [0.1, 0.15) is 18.9 Å². The molecule has 0 aliphatic carbocycles. The van der Waals surface area contributed by atoms with Crippen LogP contribution in [-0.4, -0.2) is 44.2 Å². The molecule has 1 aromatic carbocycles. The molecular formula is C18H27ClN2O3. The zero-order chi connectivity index (χ0) is 16.9. The molecule has 2 N–H and O–H groups in total. The Bertz CT molecular complexity index is 579. The van der Waals surface area contributed by atoms with Gasteiger partial charge in [0.15, 0.2) is 18.1 Å². The van der Waals surface area contributed by atoms with Gasteiger partial charge in [0.05, 0.1) is 7.11 Å². The number of likely N-dealkylation sites (tertiary alicyclic amines) is 1. The summed E-state index contributed by atoms with van der Waals surface area (Å²) in [6.45, 7) is 7.88. The SMILES string of the molecule is C=CCc1ccc(OCC(=O)N2CCC(C)(CN)C2)c(OC)c1.Cl. The van der Waals surface area contributed by atoms with E-state index in [-0.39, 0.29) is 30.3 Å². The molecule has 134 valence electrons. The van der Waals surface area contributed by atoms with E-state index in [1.54, 1.807) is 7.11 Å². The highest BCUT2D eigenvalue weighted by Crippen LogP contribution is 2.30. The molecule has 0 bridgehead atoms. The van der Waals surface area contributed by atoms with E-state index in [2.05, 4.69) is 13.5 Å². The lowest BCUT2D eigenvalue weighted by Crippen LogP contribution is -2.36. The summed E-state index contributed by atoms with van der Waals surface area (Å²) in [7, 11) is 1.59. The molecule has 1 unspecified atom stereocenters.